The van der Waals surface area contributed by atoms with E-state index in [1.807, 2.05) is 14.2 Å². The molecule has 3 fully saturated rings. The third-order valence-corrected chi connectivity index (χ3v) is 11.5. The SMILES string of the molecule is CO[Si](OC)(c1ccccc1)C1CC2CC1C1C3C=CC(C3)C21. The summed E-state index contributed by atoms with van der Waals surface area (Å²) in [6.07, 6.45) is 9.22. The summed E-state index contributed by atoms with van der Waals surface area (Å²) in [4.78, 5) is 0. The molecule has 0 saturated heterocycles. The lowest BCUT2D eigenvalue weighted by Crippen LogP contribution is -2.58. The van der Waals surface area contributed by atoms with Gasteiger partial charge in [0.2, 0.25) is 0 Å². The lowest BCUT2D eigenvalue weighted by atomic mass is 9.73. The Bertz CT molecular complexity index is 624. The Morgan fingerprint density at radius 3 is 2.26 bits per heavy atom. The van der Waals surface area contributed by atoms with E-state index in [1.165, 1.54) is 24.4 Å². The van der Waals surface area contributed by atoms with Gasteiger partial charge in [0, 0.05) is 19.8 Å². The standard InChI is InChI=1S/C20H26O2Si/c1-21-23(22-2,16-6-4-3-5-7-16)18-12-15-11-17(18)20-14-9-8-13(10-14)19(15)20/h3-9,13-15,17-20H,10-12H2,1-2H3. The van der Waals surface area contributed by atoms with Gasteiger partial charge < -0.3 is 8.85 Å². The van der Waals surface area contributed by atoms with Gasteiger partial charge in [0.05, 0.1) is 0 Å². The fourth-order valence-electron chi connectivity index (χ4n) is 6.96. The highest BCUT2D eigenvalue weighted by molar-refractivity contribution is 6.82. The highest BCUT2D eigenvalue weighted by atomic mass is 28.4. The van der Waals surface area contributed by atoms with Gasteiger partial charge in [-0.3, -0.25) is 0 Å². The first kappa shape index (κ1) is 14.4. The minimum Gasteiger partial charge on any atom is -0.394 e. The van der Waals surface area contributed by atoms with Crippen molar-refractivity contribution in [2.45, 2.75) is 24.8 Å². The molecule has 4 aliphatic rings. The zero-order valence-electron chi connectivity index (χ0n) is 14.0. The molecule has 3 heteroatoms. The summed E-state index contributed by atoms with van der Waals surface area (Å²) in [6, 6.07) is 10.8. The van der Waals surface area contributed by atoms with Gasteiger partial charge in [-0.2, -0.15) is 0 Å². The van der Waals surface area contributed by atoms with Crippen molar-refractivity contribution < 1.29 is 8.85 Å². The zero-order chi connectivity index (χ0) is 15.6. The summed E-state index contributed by atoms with van der Waals surface area (Å²) in [7, 11) is 1.41. The van der Waals surface area contributed by atoms with Crippen LogP contribution in [-0.2, 0) is 8.85 Å². The van der Waals surface area contributed by atoms with E-state index in [2.05, 4.69) is 42.5 Å². The first-order valence-corrected chi connectivity index (χ1v) is 11.0. The van der Waals surface area contributed by atoms with Crippen LogP contribution in [0.2, 0.25) is 5.54 Å². The van der Waals surface area contributed by atoms with Crippen LogP contribution in [0.4, 0.5) is 0 Å². The van der Waals surface area contributed by atoms with E-state index in [4.69, 9.17) is 8.85 Å². The smallest absolute Gasteiger partial charge is 0.375 e. The maximum absolute atomic E-state index is 6.24. The van der Waals surface area contributed by atoms with Crippen molar-refractivity contribution in [1.29, 1.82) is 0 Å². The summed E-state index contributed by atoms with van der Waals surface area (Å²) in [5.74, 6) is 5.35. The summed E-state index contributed by atoms with van der Waals surface area (Å²) in [5, 5.41) is 1.32. The van der Waals surface area contributed by atoms with Crippen molar-refractivity contribution in [3.05, 3.63) is 42.5 Å². The largest absolute Gasteiger partial charge is 0.394 e. The van der Waals surface area contributed by atoms with E-state index in [0.29, 0.717) is 5.54 Å². The third kappa shape index (κ3) is 1.76. The molecule has 3 saturated carbocycles. The topological polar surface area (TPSA) is 18.5 Å². The zero-order valence-corrected chi connectivity index (χ0v) is 15.0. The van der Waals surface area contributed by atoms with Crippen LogP contribution >= 0.6 is 0 Å². The lowest BCUT2D eigenvalue weighted by Gasteiger charge is -2.43. The second-order valence-electron chi connectivity index (χ2n) is 8.05. The number of hydrogen-bond acceptors (Lipinski definition) is 2. The summed E-state index contributed by atoms with van der Waals surface area (Å²) in [5.41, 5.74) is 0.624. The van der Waals surface area contributed by atoms with Crippen LogP contribution in [0.3, 0.4) is 0 Å². The summed E-state index contributed by atoms with van der Waals surface area (Å²) >= 11 is 0. The Morgan fingerprint density at radius 1 is 0.870 bits per heavy atom. The van der Waals surface area contributed by atoms with Gasteiger partial charge in [0.25, 0.3) is 0 Å². The molecule has 4 aliphatic carbocycles. The predicted molar refractivity (Wildman–Crippen MR) is 93.5 cm³/mol. The number of benzene rings is 1. The molecule has 7 atom stereocenters. The summed E-state index contributed by atoms with van der Waals surface area (Å²) < 4.78 is 12.5. The maximum atomic E-state index is 6.24. The lowest BCUT2D eigenvalue weighted by molar-refractivity contribution is 0.165. The van der Waals surface area contributed by atoms with Gasteiger partial charge >= 0.3 is 8.56 Å². The first-order chi connectivity index (χ1) is 11.3. The fraction of sp³-hybridized carbons (Fsp3) is 0.600. The van der Waals surface area contributed by atoms with Gasteiger partial charge in [-0.15, -0.1) is 0 Å². The molecule has 0 heterocycles. The second kappa shape index (κ2) is 5.04. The van der Waals surface area contributed by atoms with E-state index in [0.717, 1.165) is 35.5 Å². The van der Waals surface area contributed by atoms with E-state index < -0.39 is 8.56 Å². The molecule has 0 aromatic heterocycles. The highest BCUT2D eigenvalue weighted by Crippen LogP contribution is 2.69. The van der Waals surface area contributed by atoms with Crippen LogP contribution in [-0.4, -0.2) is 22.8 Å². The Kier molecular flexibility index (Phi) is 3.17. The van der Waals surface area contributed by atoms with E-state index in [-0.39, 0.29) is 0 Å². The molecular weight excluding hydrogens is 300 g/mol. The average Bonchev–Trinajstić information content (AvgIpc) is 3.37. The Morgan fingerprint density at radius 2 is 1.57 bits per heavy atom. The number of rotatable bonds is 4. The molecule has 1 aromatic rings. The van der Waals surface area contributed by atoms with E-state index in [9.17, 15) is 0 Å². The molecule has 0 amide bonds. The Hall–Kier alpha value is -0.903. The minimum absolute atomic E-state index is 0.624. The van der Waals surface area contributed by atoms with Crippen molar-refractivity contribution in [1.82, 2.24) is 0 Å². The van der Waals surface area contributed by atoms with Crippen LogP contribution in [0.1, 0.15) is 19.3 Å². The maximum Gasteiger partial charge on any atom is 0.375 e. The number of fused-ring (bicyclic) bond motifs is 9. The van der Waals surface area contributed by atoms with Crippen molar-refractivity contribution in [3.8, 4) is 0 Å². The molecule has 5 rings (SSSR count). The van der Waals surface area contributed by atoms with Crippen molar-refractivity contribution >= 4 is 13.7 Å². The van der Waals surface area contributed by atoms with E-state index in [1.54, 1.807) is 0 Å². The second-order valence-corrected chi connectivity index (χ2v) is 11.5. The average molecular weight is 327 g/mol. The molecule has 0 spiro atoms. The number of hydrogen-bond donors (Lipinski definition) is 0. The molecule has 0 aliphatic heterocycles. The van der Waals surface area contributed by atoms with Crippen molar-refractivity contribution in [2.75, 3.05) is 14.2 Å². The van der Waals surface area contributed by atoms with Crippen molar-refractivity contribution in [2.24, 2.45) is 35.5 Å². The van der Waals surface area contributed by atoms with Gasteiger partial charge in [0.1, 0.15) is 0 Å². The molecule has 23 heavy (non-hydrogen) atoms. The normalized spacial score (nSPS) is 43.3. The number of allylic oxidation sites excluding steroid dienone is 2. The summed E-state index contributed by atoms with van der Waals surface area (Å²) in [6.45, 7) is 0. The van der Waals surface area contributed by atoms with Crippen LogP contribution in [0.25, 0.3) is 0 Å². The van der Waals surface area contributed by atoms with Crippen molar-refractivity contribution in [3.63, 3.8) is 0 Å². The fourth-order valence-corrected chi connectivity index (χ4v) is 10.8. The molecule has 122 valence electrons. The van der Waals surface area contributed by atoms with Crippen LogP contribution in [0.15, 0.2) is 42.5 Å². The van der Waals surface area contributed by atoms with Crippen LogP contribution in [0, 0.1) is 35.5 Å². The quantitative estimate of drug-likeness (QED) is 0.479. The molecular formula is C20H26O2Si. The molecule has 7 unspecified atom stereocenters. The third-order valence-electron chi connectivity index (χ3n) is 7.54. The predicted octanol–water partition coefficient (Wildman–Crippen LogP) is 3.48. The first-order valence-electron chi connectivity index (χ1n) is 9.12. The van der Waals surface area contributed by atoms with Gasteiger partial charge in [0.15, 0.2) is 0 Å². The minimum atomic E-state index is -2.35. The van der Waals surface area contributed by atoms with Gasteiger partial charge in [-0.1, -0.05) is 42.5 Å². The molecule has 1 aromatic carbocycles. The molecule has 0 N–H and O–H groups in total. The Labute approximate surface area is 140 Å². The molecule has 0 radical (unpaired) electrons. The van der Waals surface area contributed by atoms with Gasteiger partial charge in [-0.25, -0.2) is 0 Å². The van der Waals surface area contributed by atoms with Crippen LogP contribution in [0.5, 0.6) is 0 Å². The van der Waals surface area contributed by atoms with Gasteiger partial charge in [-0.05, 0) is 60.0 Å². The van der Waals surface area contributed by atoms with Crippen LogP contribution < -0.4 is 5.19 Å². The molecule has 4 bridgehead atoms. The van der Waals surface area contributed by atoms with E-state index >= 15 is 0 Å². The monoisotopic (exact) mass is 326 g/mol. The molecule has 2 nitrogen and oxygen atoms in total. The Balaban J connectivity index is 1.53. The highest BCUT2D eigenvalue weighted by Gasteiger charge is 2.66.